The second kappa shape index (κ2) is 4.31. The molecule has 1 aromatic rings. The first-order valence-corrected chi connectivity index (χ1v) is 7.60. The Morgan fingerprint density at radius 1 is 1.42 bits per heavy atom. The number of aryl methyl sites for hydroxylation is 1. The largest absolute Gasteiger partial charge is 0.326 e. The zero-order chi connectivity index (χ0) is 14.4. The molecule has 0 radical (unpaired) electrons. The van der Waals surface area contributed by atoms with Crippen LogP contribution in [0.5, 0.6) is 0 Å². The Hall–Kier alpha value is -1.40. The summed E-state index contributed by atoms with van der Waals surface area (Å²) in [4.78, 5) is 12.0. The third-order valence-corrected chi connectivity index (χ3v) is 4.54. The van der Waals surface area contributed by atoms with Gasteiger partial charge in [0.1, 0.15) is 0 Å². The molecule has 1 saturated carbocycles. The van der Waals surface area contributed by atoms with E-state index in [2.05, 4.69) is 5.32 Å². The van der Waals surface area contributed by atoms with E-state index in [1.54, 1.807) is 13.0 Å². The molecule has 1 aliphatic rings. The Kier molecular flexibility index (Phi) is 3.18. The highest BCUT2D eigenvalue weighted by molar-refractivity contribution is 7.89. The van der Waals surface area contributed by atoms with Crippen LogP contribution in [0.3, 0.4) is 0 Å². The van der Waals surface area contributed by atoms with Gasteiger partial charge >= 0.3 is 0 Å². The van der Waals surface area contributed by atoms with E-state index in [0.29, 0.717) is 5.69 Å². The summed E-state index contributed by atoms with van der Waals surface area (Å²) in [5, 5.41) is 7.86. The van der Waals surface area contributed by atoms with Gasteiger partial charge in [0.25, 0.3) is 0 Å². The number of primary sulfonamides is 1. The molecule has 19 heavy (non-hydrogen) atoms. The van der Waals surface area contributed by atoms with Crippen molar-refractivity contribution in [3.63, 3.8) is 0 Å². The second-order valence-electron chi connectivity index (χ2n) is 5.76. The Labute approximate surface area is 113 Å². The number of amides is 1. The minimum Gasteiger partial charge on any atom is -0.326 e. The van der Waals surface area contributed by atoms with Crippen LogP contribution in [0.4, 0.5) is 5.69 Å². The van der Waals surface area contributed by atoms with Gasteiger partial charge in [-0.05, 0) is 36.5 Å². The van der Waals surface area contributed by atoms with E-state index < -0.39 is 10.0 Å². The van der Waals surface area contributed by atoms with Gasteiger partial charge in [0.2, 0.25) is 15.9 Å². The van der Waals surface area contributed by atoms with Crippen LogP contribution in [0.1, 0.15) is 25.8 Å². The summed E-state index contributed by atoms with van der Waals surface area (Å²) in [5.41, 5.74) is 1.34. The molecule has 2 rings (SSSR count). The maximum Gasteiger partial charge on any atom is 0.238 e. The van der Waals surface area contributed by atoms with Gasteiger partial charge in [0.15, 0.2) is 0 Å². The van der Waals surface area contributed by atoms with Crippen molar-refractivity contribution >= 4 is 21.6 Å². The maximum atomic E-state index is 12.0. The first-order chi connectivity index (χ1) is 8.61. The van der Waals surface area contributed by atoms with E-state index in [0.717, 1.165) is 12.0 Å². The van der Waals surface area contributed by atoms with E-state index >= 15 is 0 Å². The maximum absolute atomic E-state index is 12.0. The van der Waals surface area contributed by atoms with Crippen molar-refractivity contribution in [2.24, 2.45) is 16.5 Å². The molecule has 0 heterocycles. The molecule has 1 amide bonds. The van der Waals surface area contributed by atoms with Crippen LogP contribution < -0.4 is 10.5 Å². The molecule has 3 N–H and O–H groups in total. The minimum atomic E-state index is -3.76. The molecule has 1 atom stereocenters. The number of nitrogens with one attached hydrogen (secondary N) is 1. The highest BCUT2D eigenvalue weighted by atomic mass is 32.2. The predicted octanol–water partition coefficient (Wildman–Crippen LogP) is 1.63. The molecule has 5 nitrogen and oxygen atoms in total. The van der Waals surface area contributed by atoms with Crippen LogP contribution in [-0.2, 0) is 14.8 Å². The molecule has 1 fully saturated rings. The fourth-order valence-electron chi connectivity index (χ4n) is 2.05. The van der Waals surface area contributed by atoms with Crippen molar-refractivity contribution in [3.05, 3.63) is 23.8 Å². The van der Waals surface area contributed by atoms with Crippen LogP contribution in [-0.4, -0.2) is 14.3 Å². The molecule has 0 spiro atoms. The predicted molar refractivity (Wildman–Crippen MR) is 73.1 cm³/mol. The molecular weight excluding hydrogens is 264 g/mol. The normalized spacial score (nSPS) is 20.9. The molecule has 104 valence electrons. The van der Waals surface area contributed by atoms with Crippen LogP contribution in [0.25, 0.3) is 0 Å². The van der Waals surface area contributed by atoms with Crippen molar-refractivity contribution in [3.8, 4) is 0 Å². The summed E-state index contributed by atoms with van der Waals surface area (Å²) < 4.78 is 22.6. The van der Waals surface area contributed by atoms with Crippen molar-refractivity contribution < 1.29 is 13.2 Å². The molecule has 1 aromatic carbocycles. The fraction of sp³-hybridized carbons (Fsp3) is 0.462. The summed E-state index contributed by atoms with van der Waals surface area (Å²) in [5.74, 6) is -0.0790. The second-order valence-corrected chi connectivity index (χ2v) is 7.32. The zero-order valence-electron chi connectivity index (χ0n) is 11.2. The number of hydrogen-bond donors (Lipinski definition) is 2. The molecule has 0 saturated heterocycles. The average Bonchev–Trinajstić information content (AvgIpc) is 2.89. The first kappa shape index (κ1) is 14.0. The minimum absolute atomic E-state index is 0.00320. The third kappa shape index (κ3) is 2.96. The fourth-order valence-corrected chi connectivity index (χ4v) is 2.59. The van der Waals surface area contributed by atoms with E-state index in [1.807, 2.05) is 13.8 Å². The lowest BCUT2D eigenvalue weighted by molar-refractivity contribution is -0.118. The monoisotopic (exact) mass is 282 g/mol. The molecule has 0 aromatic heterocycles. The summed E-state index contributed by atoms with van der Waals surface area (Å²) in [6, 6.07) is 4.47. The van der Waals surface area contributed by atoms with Crippen LogP contribution >= 0.6 is 0 Å². The molecule has 1 unspecified atom stereocenters. The van der Waals surface area contributed by atoms with Gasteiger partial charge in [0.05, 0.1) is 4.90 Å². The molecule has 0 aliphatic heterocycles. The Balaban J connectivity index is 2.23. The van der Waals surface area contributed by atoms with Gasteiger partial charge in [0, 0.05) is 11.6 Å². The van der Waals surface area contributed by atoms with Gasteiger partial charge in [-0.25, -0.2) is 13.6 Å². The molecule has 1 aliphatic carbocycles. The van der Waals surface area contributed by atoms with E-state index in [1.165, 1.54) is 12.1 Å². The number of hydrogen-bond acceptors (Lipinski definition) is 3. The topological polar surface area (TPSA) is 89.3 Å². The van der Waals surface area contributed by atoms with Gasteiger partial charge in [-0.15, -0.1) is 0 Å². The Bertz CT molecular complexity index is 635. The van der Waals surface area contributed by atoms with Gasteiger partial charge in [-0.2, -0.15) is 0 Å². The van der Waals surface area contributed by atoms with Crippen molar-refractivity contribution in [1.82, 2.24) is 0 Å². The zero-order valence-corrected chi connectivity index (χ0v) is 12.0. The first-order valence-electron chi connectivity index (χ1n) is 6.05. The summed E-state index contributed by atoms with van der Waals surface area (Å²) in [7, 11) is -3.76. The SMILES string of the molecule is Cc1ccc(S(N)(=O)=O)cc1NC(=O)C1CC1(C)C. The van der Waals surface area contributed by atoms with Crippen molar-refractivity contribution in [2.45, 2.75) is 32.1 Å². The lowest BCUT2D eigenvalue weighted by atomic mass is 10.1. The summed E-state index contributed by atoms with van der Waals surface area (Å²) in [6.45, 7) is 5.87. The number of anilines is 1. The number of rotatable bonds is 3. The molecule has 0 bridgehead atoms. The average molecular weight is 282 g/mol. The highest BCUT2D eigenvalue weighted by Gasteiger charge is 2.50. The molecular formula is C13H18N2O3S. The Morgan fingerprint density at radius 2 is 2.00 bits per heavy atom. The number of nitrogens with two attached hydrogens (primary N) is 1. The standard InChI is InChI=1S/C13H18N2O3S/c1-8-4-5-9(19(14,17)18)6-11(8)15-12(16)10-7-13(10,2)3/h4-6,10H,7H2,1-3H3,(H,15,16)(H2,14,17,18). The van der Waals surface area contributed by atoms with Crippen LogP contribution in [0.2, 0.25) is 0 Å². The van der Waals surface area contributed by atoms with Crippen LogP contribution in [0.15, 0.2) is 23.1 Å². The molecule has 6 heteroatoms. The van der Waals surface area contributed by atoms with E-state index in [4.69, 9.17) is 5.14 Å². The quantitative estimate of drug-likeness (QED) is 0.883. The van der Waals surface area contributed by atoms with E-state index in [-0.39, 0.29) is 22.1 Å². The number of carbonyl (C=O) groups excluding carboxylic acids is 1. The van der Waals surface area contributed by atoms with Crippen LogP contribution in [0, 0.1) is 18.3 Å². The van der Waals surface area contributed by atoms with Gasteiger partial charge < -0.3 is 5.32 Å². The number of benzene rings is 1. The number of sulfonamides is 1. The summed E-state index contributed by atoms with van der Waals surface area (Å²) >= 11 is 0. The highest BCUT2D eigenvalue weighted by Crippen LogP contribution is 2.52. The third-order valence-electron chi connectivity index (χ3n) is 3.63. The smallest absolute Gasteiger partial charge is 0.238 e. The lowest BCUT2D eigenvalue weighted by Gasteiger charge is -2.10. The summed E-state index contributed by atoms with van der Waals surface area (Å²) in [6.07, 6.45) is 0.854. The Morgan fingerprint density at radius 3 is 2.47 bits per heavy atom. The van der Waals surface area contributed by atoms with Crippen molar-refractivity contribution in [1.29, 1.82) is 0 Å². The van der Waals surface area contributed by atoms with Gasteiger partial charge in [-0.3, -0.25) is 4.79 Å². The van der Waals surface area contributed by atoms with Crippen molar-refractivity contribution in [2.75, 3.05) is 5.32 Å². The lowest BCUT2D eigenvalue weighted by Crippen LogP contribution is -2.18. The van der Waals surface area contributed by atoms with Gasteiger partial charge in [-0.1, -0.05) is 19.9 Å². The number of carbonyl (C=O) groups is 1. The van der Waals surface area contributed by atoms with E-state index in [9.17, 15) is 13.2 Å².